The van der Waals surface area contributed by atoms with Crippen LogP contribution in [-0.4, -0.2) is 24.4 Å². The fourth-order valence-electron chi connectivity index (χ4n) is 4.13. The van der Waals surface area contributed by atoms with Gasteiger partial charge in [0.05, 0.1) is 24.4 Å². The molecule has 0 amide bonds. The van der Waals surface area contributed by atoms with Crippen molar-refractivity contribution in [1.82, 2.24) is 0 Å². The molecule has 2 saturated carbocycles. The Balaban J connectivity index is 1.54. The second-order valence-corrected chi connectivity index (χ2v) is 7.77. The molecule has 0 aromatic rings. The van der Waals surface area contributed by atoms with E-state index in [2.05, 4.69) is 27.7 Å². The molecule has 4 fully saturated rings. The van der Waals surface area contributed by atoms with Crippen molar-refractivity contribution in [2.24, 2.45) is 22.7 Å². The number of fused-ring (bicyclic) bond motifs is 2. The van der Waals surface area contributed by atoms with Gasteiger partial charge in [0.25, 0.3) is 0 Å². The van der Waals surface area contributed by atoms with E-state index in [1.807, 2.05) is 0 Å². The van der Waals surface area contributed by atoms with Gasteiger partial charge in [0.1, 0.15) is 0 Å². The first kappa shape index (κ1) is 10.8. The molecular formula is C15H24O2. The second-order valence-electron chi connectivity index (χ2n) is 7.77. The highest BCUT2D eigenvalue weighted by atomic mass is 16.6. The van der Waals surface area contributed by atoms with E-state index in [-0.39, 0.29) is 5.41 Å². The molecule has 2 aliphatic carbocycles. The Morgan fingerprint density at radius 1 is 0.882 bits per heavy atom. The minimum absolute atomic E-state index is 0.270. The van der Waals surface area contributed by atoms with Gasteiger partial charge in [0, 0.05) is 5.92 Å². The number of rotatable bonds is 3. The largest absolute Gasteiger partial charge is 0.374 e. The van der Waals surface area contributed by atoms with Crippen LogP contribution in [0.25, 0.3) is 0 Å². The van der Waals surface area contributed by atoms with Gasteiger partial charge in [-0.2, -0.15) is 0 Å². The molecule has 4 rings (SSSR count). The maximum absolute atomic E-state index is 6.30. The highest BCUT2D eigenvalue weighted by molar-refractivity contribution is 5.21. The van der Waals surface area contributed by atoms with E-state index in [0.717, 1.165) is 11.8 Å². The summed E-state index contributed by atoms with van der Waals surface area (Å²) in [5, 5.41) is 0. The maximum atomic E-state index is 6.30. The normalized spacial score (nSPS) is 51.5. The third-order valence-corrected chi connectivity index (χ3v) is 6.63. The smallest absolute Gasteiger partial charge is 0.0905 e. The Morgan fingerprint density at radius 2 is 1.59 bits per heavy atom. The van der Waals surface area contributed by atoms with Crippen LogP contribution >= 0.6 is 0 Å². The summed E-state index contributed by atoms with van der Waals surface area (Å²) in [6, 6.07) is 0. The van der Waals surface area contributed by atoms with Crippen LogP contribution in [0.2, 0.25) is 0 Å². The van der Waals surface area contributed by atoms with Crippen LogP contribution in [0, 0.1) is 22.7 Å². The summed E-state index contributed by atoms with van der Waals surface area (Å²) in [4.78, 5) is 0. The van der Waals surface area contributed by atoms with Gasteiger partial charge in [-0.3, -0.25) is 0 Å². The molecule has 2 nitrogen and oxygen atoms in total. The van der Waals surface area contributed by atoms with Crippen LogP contribution in [-0.2, 0) is 9.47 Å². The zero-order chi connectivity index (χ0) is 12.0. The van der Waals surface area contributed by atoms with Gasteiger partial charge < -0.3 is 9.47 Å². The third kappa shape index (κ3) is 1.24. The molecule has 0 N–H and O–H groups in total. The van der Waals surface area contributed by atoms with Gasteiger partial charge in [-0.25, -0.2) is 0 Å². The molecule has 17 heavy (non-hydrogen) atoms. The van der Waals surface area contributed by atoms with E-state index in [1.54, 1.807) is 0 Å². The van der Waals surface area contributed by atoms with Gasteiger partial charge in [-0.1, -0.05) is 27.7 Å². The van der Waals surface area contributed by atoms with Crippen LogP contribution in [0.15, 0.2) is 0 Å². The summed E-state index contributed by atoms with van der Waals surface area (Å²) in [7, 11) is 0. The summed E-state index contributed by atoms with van der Waals surface area (Å²) < 4.78 is 11.8. The number of hydrogen-bond acceptors (Lipinski definition) is 2. The van der Waals surface area contributed by atoms with Crippen molar-refractivity contribution in [2.75, 3.05) is 0 Å². The lowest BCUT2D eigenvalue weighted by Gasteiger charge is -2.47. The zero-order valence-corrected chi connectivity index (χ0v) is 11.4. The topological polar surface area (TPSA) is 21.8 Å². The molecule has 0 radical (unpaired) electrons. The Kier molecular flexibility index (Phi) is 1.85. The first-order valence-electron chi connectivity index (χ1n) is 7.24. The number of epoxide rings is 1. The van der Waals surface area contributed by atoms with Crippen molar-refractivity contribution < 1.29 is 9.47 Å². The molecule has 2 heteroatoms. The van der Waals surface area contributed by atoms with Gasteiger partial charge in [0.15, 0.2) is 0 Å². The monoisotopic (exact) mass is 236 g/mol. The van der Waals surface area contributed by atoms with Gasteiger partial charge in [-0.05, 0) is 36.0 Å². The van der Waals surface area contributed by atoms with Crippen LogP contribution in [0.4, 0.5) is 0 Å². The molecule has 2 heterocycles. The van der Waals surface area contributed by atoms with Crippen LogP contribution in [0.5, 0.6) is 0 Å². The Morgan fingerprint density at radius 3 is 1.94 bits per heavy atom. The molecule has 96 valence electrons. The van der Waals surface area contributed by atoms with Crippen LogP contribution in [0.1, 0.15) is 47.0 Å². The molecule has 2 aliphatic heterocycles. The number of ether oxygens (including phenoxy) is 2. The van der Waals surface area contributed by atoms with Crippen molar-refractivity contribution in [3.05, 3.63) is 0 Å². The summed E-state index contributed by atoms with van der Waals surface area (Å²) in [5.74, 6) is 1.67. The molecule has 0 bridgehead atoms. The van der Waals surface area contributed by atoms with Crippen molar-refractivity contribution in [1.29, 1.82) is 0 Å². The Hall–Kier alpha value is -0.0800. The van der Waals surface area contributed by atoms with E-state index in [0.29, 0.717) is 29.8 Å². The van der Waals surface area contributed by atoms with E-state index in [1.165, 1.54) is 19.3 Å². The minimum Gasteiger partial charge on any atom is -0.374 e. The standard InChI is InChI=1S/C15H24O2/c1-14(2,10-7-8-5-6-9(8)16-10)15(3,4)11-12-13(11)17-12/h8-13H,5-7H2,1-4H3/t8?,9?,10?,11?,12-,13?/m1/s1. The summed E-state index contributed by atoms with van der Waals surface area (Å²) in [5.41, 5.74) is 0.612. The minimum atomic E-state index is 0.270. The summed E-state index contributed by atoms with van der Waals surface area (Å²) >= 11 is 0. The van der Waals surface area contributed by atoms with Gasteiger partial charge >= 0.3 is 0 Å². The quantitative estimate of drug-likeness (QED) is 0.703. The molecule has 6 atom stereocenters. The van der Waals surface area contributed by atoms with Crippen LogP contribution in [0.3, 0.4) is 0 Å². The predicted octanol–water partition coefficient (Wildman–Crippen LogP) is 3.00. The van der Waals surface area contributed by atoms with Crippen molar-refractivity contribution in [3.63, 3.8) is 0 Å². The lowest BCUT2D eigenvalue weighted by molar-refractivity contribution is -0.108. The molecule has 0 aromatic heterocycles. The maximum Gasteiger partial charge on any atom is 0.0905 e. The van der Waals surface area contributed by atoms with Crippen molar-refractivity contribution in [2.45, 2.75) is 71.4 Å². The summed E-state index contributed by atoms with van der Waals surface area (Å²) in [6.45, 7) is 9.69. The highest BCUT2D eigenvalue weighted by Gasteiger charge is 2.75. The van der Waals surface area contributed by atoms with Gasteiger partial charge in [-0.15, -0.1) is 0 Å². The van der Waals surface area contributed by atoms with Crippen molar-refractivity contribution in [3.8, 4) is 0 Å². The molecule has 4 aliphatic rings. The van der Waals surface area contributed by atoms with Gasteiger partial charge in [0.2, 0.25) is 0 Å². The van der Waals surface area contributed by atoms with E-state index in [9.17, 15) is 0 Å². The SMILES string of the molecule is CC(C)(C1CC2CCC2O1)C(C)(C)C1C2O[C@@H]21. The van der Waals surface area contributed by atoms with E-state index in [4.69, 9.17) is 9.47 Å². The predicted molar refractivity (Wildman–Crippen MR) is 65.7 cm³/mol. The first-order chi connectivity index (χ1) is 7.93. The zero-order valence-electron chi connectivity index (χ0n) is 11.4. The fourth-order valence-corrected chi connectivity index (χ4v) is 4.13. The third-order valence-electron chi connectivity index (χ3n) is 6.63. The lowest BCUT2D eigenvalue weighted by Crippen LogP contribution is -2.46. The van der Waals surface area contributed by atoms with E-state index >= 15 is 0 Å². The molecular weight excluding hydrogens is 212 g/mol. The fraction of sp³-hybridized carbons (Fsp3) is 1.00. The molecule has 0 spiro atoms. The lowest BCUT2D eigenvalue weighted by atomic mass is 9.60. The average molecular weight is 236 g/mol. The van der Waals surface area contributed by atoms with E-state index < -0.39 is 0 Å². The van der Waals surface area contributed by atoms with Crippen molar-refractivity contribution >= 4 is 0 Å². The summed E-state index contributed by atoms with van der Waals surface area (Å²) in [6.07, 6.45) is 6.26. The number of hydrogen-bond donors (Lipinski definition) is 0. The first-order valence-corrected chi connectivity index (χ1v) is 7.24. The molecule has 5 unspecified atom stereocenters. The van der Waals surface area contributed by atoms with Crippen LogP contribution < -0.4 is 0 Å². The Bertz CT molecular complexity index is 340. The molecule has 0 aromatic carbocycles. The molecule has 2 saturated heterocycles. The average Bonchev–Trinajstić information content (AvgIpc) is 3.02. The Labute approximate surface area is 104 Å². The second kappa shape index (κ2) is 2.91. The highest BCUT2D eigenvalue weighted by Crippen LogP contribution is 2.67.